The van der Waals surface area contributed by atoms with Gasteiger partial charge in [0.15, 0.2) is 0 Å². The van der Waals surface area contributed by atoms with Crippen molar-refractivity contribution in [3.05, 3.63) is 22.4 Å². The Morgan fingerprint density at radius 2 is 2.16 bits per heavy atom. The molecule has 1 heterocycles. The van der Waals surface area contributed by atoms with E-state index in [2.05, 4.69) is 32.2 Å². The highest BCUT2D eigenvalue weighted by Crippen LogP contribution is 2.25. The minimum atomic E-state index is -0.0617. The van der Waals surface area contributed by atoms with E-state index < -0.39 is 0 Å². The highest BCUT2D eigenvalue weighted by Gasteiger charge is 2.25. The molecule has 0 spiro atoms. The standard InChI is InChI=1S/C15H26N2OS/c1-15(2,3)10-12(11-16)14(18)17(4)8-7-13-6-5-9-19-13/h5-6,9,12H,7-8,10-11,16H2,1-4H3. The molecule has 0 saturated heterocycles. The van der Waals surface area contributed by atoms with Crippen LogP contribution in [0.5, 0.6) is 0 Å². The molecule has 1 amide bonds. The van der Waals surface area contributed by atoms with Crippen molar-refractivity contribution in [1.29, 1.82) is 0 Å². The molecule has 0 bridgehead atoms. The van der Waals surface area contributed by atoms with Crippen LogP contribution in [0.1, 0.15) is 32.1 Å². The van der Waals surface area contributed by atoms with Crippen molar-refractivity contribution < 1.29 is 4.79 Å². The van der Waals surface area contributed by atoms with Gasteiger partial charge in [-0.15, -0.1) is 11.3 Å². The van der Waals surface area contributed by atoms with Gasteiger partial charge in [-0.1, -0.05) is 26.8 Å². The van der Waals surface area contributed by atoms with Gasteiger partial charge in [-0.2, -0.15) is 0 Å². The second-order valence-electron chi connectivity index (χ2n) is 6.29. The van der Waals surface area contributed by atoms with Crippen LogP contribution < -0.4 is 5.73 Å². The maximum absolute atomic E-state index is 12.4. The molecule has 0 aliphatic heterocycles. The van der Waals surface area contributed by atoms with Crippen molar-refractivity contribution in [3.63, 3.8) is 0 Å². The second-order valence-corrected chi connectivity index (χ2v) is 7.32. The average molecular weight is 282 g/mol. The zero-order chi connectivity index (χ0) is 14.5. The van der Waals surface area contributed by atoms with E-state index in [0.29, 0.717) is 6.54 Å². The summed E-state index contributed by atoms with van der Waals surface area (Å²) in [6, 6.07) is 4.16. The first-order valence-electron chi connectivity index (χ1n) is 6.81. The molecular formula is C15H26N2OS. The van der Waals surface area contributed by atoms with E-state index in [1.165, 1.54) is 4.88 Å². The van der Waals surface area contributed by atoms with Crippen LogP contribution in [0, 0.1) is 11.3 Å². The van der Waals surface area contributed by atoms with Gasteiger partial charge in [0.25, 0.3) is 0 Å². The van der Waals surface area contributed by atoms with E-state index in [-0.39, 0.29) is 17.2 Å². The number of likely N-dealkylation sites (N-methyl/N-ethyl adjacent to an activating group) is 1. The molecule has 0 radical (unpaired) electrons. The number of hydrogen-bond donors (Lipinski definition) is 1. The van der Waals surface area contributed by atoms with Crippen LogP contribution in [0.4, 0.5) is 0 Å². The minimum absolute atomic E-state index is 0.0617. The molecule has 1 aromatic rings. The van der Waals surface area contributed by atoms with E-state index in [1.807, 2.05) is 18.0 Å². The van der Waals surface area contributed by atoms with Gasteiger partial charge in [-0.05, 0) is 29.7 Å². The Morgan fingerprint density at radius 3 is 2.63 bits per heavy atom. The van der Waals surface area contributed by atoms with Crippen molar-refractivity contribution in [3.8, 4) is 0 Å². The summed E-state index contributed by atoms with van der Waals surface area (Å²) in [5.74, 6) is 0.113. The van der Waals surface area contributed by atoms with Crippen LogP contribution in [-0.2, 0) is 11.2 Å². The SMILES string of the molecule is CN(CCc1cccs1)C(=O)C(CN)CC(C)(C)C. The minimum Gasteiger partial charge on any atom is -0.345 e. The number of nitrogens with two attached hydrogens (primary N) is 1. The predicted octanol–water partition coefficient (Wildman–Crippen LogP) is 2.76. The number of carbonyl (C=O) groups is 1. The topological polar surface area (TPSA) is 46.3 Å². The van der Waals surface area contributed by atoms with Crippen molar-refractivity contribution in [2.24, 2.45) is 17.1 Å². The molecule has 1 rings (SSSR count). The van der Waals surface area contributed by atoms with E-state index in [9.17, 15) is 4.79 Å². The van der Waals surface area contributed by atoms with Crippen molar-refractivity contribution in [2.45, 2.75) is 33.6 Å². The molecule has 19 heavy (non-hydrogen) atoms. The molecule has 0 fully saturated rings. The monoisotopic (exact) mass is 282 g/mol. The molecule has 108 valence electrons. The fourth-order valence-electron chi connectivity index (χ4n) is 2.17. The highest BCUT2D eigenvalue weighted by molar-refractivity contribution is 7.09. The molecule has 2 N–H and O–H groups in total. The van der Waals surface area contributed by atoms with Crippen LogP contribution >= 0.6 is 11.3 Å². The number of rotatable bonds is 6. The number of carbonyl (C=O) groups excluding carboxylic acids is 1. The third-order valence-electron chi connectivity index (χ3n) is 3.14. The van der Waals surface area contributed by atoms with Crippen LogP contribution in [-0.4, -0.2) is 30.9 Å². The van der Waals surface area contributed by atoms with Gasteiger partial charge < -0.3 is 10.6 Å². The Kier molecular flexibility index (Phi) is 6.01. The second kappa shape index (κ2) is 7.06. The van der Waals surface area contributed by atoms with Gasteiger partial charge in [0.1, 0.15) is 0 Å². The Labute approximate surface area is 120 Å². The Morgan fingerprint density at radius 1 is 1.47 bits per heavy atom. The molecule has 0 aromatic carbocycles. The van der Waals surface area contributed by atoms with Crippen molar-refractivity contribution >= 4 is 17.2 Å². The Balaban J connectivity index is 2.49. The van der Waals surface area contributed by atoms with E-state index in [0.717, 1.165) is 19.4 Å². The summed E-state index contributed by atoms with van der Waals surface area (Å²) in [4.78, 5) is 15.5. The number of nitrogens with zero attached hydrogens (tertiary/aromatic N) is 1. The summed E-state index contributed by atoms with van der Waals surface area (Å²) in [6.45, 7) is 7.64. The van der Waals surface area contributed by atoms with E-state index >= 15 is 0 Å². The molecule has 0 aliphatic rings. The van der Waals surface area contributed by atoms with Gasteiger partial charge in [0.2, 0.25) is 5.91 Å². The van der Waals surface area contributed by atoms with Crippen LogP contribution in [0.2, 0.25) is 0 Å². The Bertz CT molecular complexity index is 381. The average Bonchev–Trinajstić information content (AvgIpc) is 2.84. The van der Waals surface area contributed by atoms with Gasteiger partial charge in [0.05, 0.1) is 5.92 Å². The fraction of sp³-hybridized carbons (Fsp3) is 0.667. The third kappa shape index (κ3) is 5.74. The van der Waals surface area contributed by atoms with Gasteiger partial charge >= 0.3 is 0 Å². The fourth-order valence-corrected chi connectivity index (χ4v) is 2.86. The van der Waals surface area contributed by atoms with Gasteiger partial charge in [0, 0.05) is 25.0 Å². The zero-order valence-corrected chi connectivity index (χ0v) is 13.3. The first-order chi connectivity index (χ1) is 8.83. The summed E-state index contributed by atoms with van der Waals surface area (Å²) >= 11 is 1.74. The normalized spacial score (nSPS) is 13.3. The highest BCUT2D eigenvalue weighted by atomic mass is 32.1. The molecule has 0 saturated carbocycles. The predicted molar refractivity (Wildman–Crippen MR) is 82.3 cm³/mol. The third-order valence-corrected chi connectivity index (χ3v) is 4.08. The van der Waals surface area contributed by atoms with E-state index in [4.69, 9.17) is 5.73 Å². The summed E-state index contributed by atoms with van der Waals surface area (Å²) in [5.41, 5.74) is 5.90. The molecule has 1 unspecified atom stereocenters. The van der Waals surface area contributed by atoms with Crippen LogP contribution in [0.25, 0.3) is 0 Å². The van der Waals surface area contributed by atoms with Crippen LogP contribution in [0.15, 0.2) is 17.5 Å². The Hall–Kier alpha value is -0.870. The maximum atomic E-state index is 12.4. The van der Waals surface area contributed by atoms with E-state index in [1.54, 1.807) is 11.3 Å². The van der Waals surface area contributed by atoms with Crippen molar-refractivity contribution in [1.82, 2.24) is 4.90 Å². The maximum Gasteiger partial charge on any atom is 0.226 e. The van der Waals surface area contributed by atoms with Gasteiger partial charge in [-0.3, -0.25) is 4.79 Å². The number of amides is 1. The van der Waals surface area contributed by atoms with Crippen LogP contribution in [0.3, 0.4) is 0 Å². The smallest absolute Gasteiger partial charge is 0.226 e. The summed E-state index contributed by atoms with van der Waals surface area (Å²) in [7, 11) is 1.88. The summed E-state index contributed by atoms with van der Waals surface area (Å²) in [5, 5.41) is 2.07. The quantitative estimate of drug-likeness (QED) is 0.872. The molecule has 3 nitrogen and oxygen atoms in total. The lowest BCUT2D eigenvalue weighted by Crippen LogP contribution is -2.39. The molecule has 4 heteroatoms. The van der Waals surface area contributed by atoms with Crippen molar-refractivity contribution in [2.75, 3.05) is 20.1 Å². The molecule has 1 atom stereocenters. The zero-order valence-electron chi connectivity index (χ0n) is 12.5. The molecule has 0 aliphatic carbocycles. The molecular weight excluding hydrogens is 256 g/mol. The van der Waals surface area contributed by atoms with Gasteiger partial charge in [-0.25, -0.2) is 0 Å². The largest absolute Gasteiger partial charge is 0.345 e. The molecule has 1 aromatic heterocycles. The lowest BCUT2D eigenvalue weighted by molar-refractivity contribution is -0.134. The summed E-state index contributed by atoms with van der Waals surface area (Å²) < 4.78 is 0. The summed E-state index contributed by atoms with van der Waals surface area (Å²) in [6.07, 6.45) is 1.76. The number of hydrogen-bond acceptors (Lipinski definition) is 3. The first-order valence-corrected chi connectivity index (χ1v) is 7.69. The lowest BCUT2D eigenvalue weighted by Gasteiger charge is -2.28. The first kappa shape index (κ1) is 16.2. The number of thiophene rings is 1. The lowest BCUT2D eigenvalue weighted by atomic mass is 9.84.